The molecule has 1 aromatic heterocycles. The molecule has 29 heavy (non-hydrogen) atoms. The van der Waals surface area contributed by atoms with Crippen molar-refractivity contribution >= 4 is 17.4 Å². The third-order valence-electron chi connectivity index (χ3n) is 5.10. The lowest BCUT2D eigenvalue weighted by molar-refractivity contribution is -0.137. The second-order valence-corrected chi connectivity index (χ2v) is 7.06. The third kappa shape index (κ3) is 5.47. The first-order chi connectivity index (χ1) is 13.9. The van der Waals surface area contributed by atoms with Crippen molar-refractivity contribution < 1.29 is 18.0 Å². The van der Waals surface area contributed by atoms with Crippen molar-refractivity contribution in [2.75, 3.05) is 36.4 Å². The zero-order chi connectivity index (χ0) is 20.9. The van der Waals surface area contributed by atoms with E-state index in [0.29, 0.717) is 31.9 Å². The lowest BCUT2D eigenvalue weighted by Crippen LogP contribution is -2.45. The highest BCUT2D eigenvalue weighted by Crippen LogP contribution is 2.29. The molecular weight excluding hydrogens is 381 g/mol. The molecule has 8 heteroatoms. The molecule has 0 spiro atoms. The number of halogens is 3. The van der Waals surface area contributed by atoms with Crippen molar-refractivity contribution in [3.8, 4) is 0 Å². The number of alkyl halides is 3. The summed E-state index contributed by atoms with van der Waals surface area (Å²) in [5.74, 6) is 0.487. The van der Waals surface area contributed by atoms with Gasteiger partial charge in [0.25, 0.3) is 0 Å². The second-order valence-electron chi connectivity index (χ2n) is 7.06. The minimum absolute atomic E-state index is 0.0418. The van der Waals surface area contributed by atoms with E-state index < -0.39 is 11.7 Å². The lowest BCUT2D eigenvalue weighted by atomic mass is 10.1. The number of pyridine rings is 1. The first-order valence-electron chi connectivity index (χ1n) is 9.76. The van der Waals surface area contributed by atoms with Crippen LogP contribution in [0.1, 0.15) is 25.3 Å². The number of hydrogen-bond donors (Lipinski definition) is 1. The van der Waals surface area contributed by atoms with Gasteiger partial charge in [0.05, 0.1) is 11.6 Å². The van der Waals surface area contributed by atoms with Gasteiger partial charge in [-0.15, -0.1) is 0 Å². The molecule has 1 aliphatic heterocycles. The van der Waals surface area contributed by atoms with E-state index in [1.807, 2.05) is 42.2 Å². The van der Waals surface area contributed by atoms with Crippen LogP contribution in [0.15, 0.2) is 48.7 Å². The second kappa shape index (κ2) is 9.26. The molecule has 0 bridgehead atoms. The summed E-state index contributed by atoms with van der Waals surface area (Å²) in [6.07, 6.45) is -2.03. The van der Waals surface area contributed by atoms with Crippen LogP contribution in [0.25, 0.3) is 0 Å². The Kier molecular flexibility index (Phi) is 6.74. The number of para-hydroxylation sites is 1. The molecule has 0 unspecified atom stereocenters. The van der Waals surface area contributed by atoms with Crippen LogP contribution >= 0.6 is 0 Å². The molecule has 1 atom stereocenters. The lowest BCUT2D eigenvalue weighted by Gasteiger charge is -2.29. The Morgan fingerprint density at radius 2 is 1.86 bits per heavy atom. The zero-order valence-electron chi connectivity index (χ0n) is 16.3. The van der Waals surface area contributed by atoms with Gasteiger partial charge in [-0.1, -0.05) is 25.1 Å². The van der Waals surface area contributed by atoms with Gasteiger partial charge in [0.1, 0.15) is 5.82 Å². The molecule has 1 amide bonds. The Hall–Kier alpha value is -2.61. The van der Waals surface area contributed by atoms with Crippen LogP contribution in [0.2, 0.25) is 0 Å². The van der Waals surface area contributed by atoms with Crippen molar-refractivity contribution in [2.45, 2.75) is 32.0 Å². The Labute approximate surface area is 168 Å². The third-order valence-corrected chi connectivity index (χ3v) is 5.10. The summed E-state index contributed by atoms with van der Waals surface area (Å²) in [4.78, 5) is 20.9. The summed E-state index contributed by atoms with van der Waals surface area (Å²) >= 11 is 0. The molecular formula is C21H25F3N4O. The number of hydrogen-bond acceptors (Lipinski definition) is 4. The van der Waals surface area contributed by atoms with Gasteiger partial charge in [-0.3, -0.25) is 9.69 Å². The van der Waals surface area contributed by atoms with Crippen LogP contribution in [-0.2, 0) is 11.0 Å². The maximum atomic E-state index is 12.8. The van der Waals surface area contributed by atoms with Crippen LogP contribution in [0.4, 0.5) is 24.7 Å². The number of anilines is 2. The van der Waals surface area contributed by atoms with Gasteiger partial charge in [0.2, 0.25) is 5.91 Å². The zero-order valence-corrected chi connectivity index (χ0v) is 16.3. The van der Waals surface area contributed by atoms with E-state index in [2.05, 4.69) is 15.2 Å². The molecule has 1 aromatic carbocycles. The van der Waals surface area contributed by atoms with E-state index >= 15 is 0 Å². The van der Waals surface area contributed by atoms with Crippen molar-refractivity contribution in [1.29, 1.82) is 0 Å². The molecule has 156 valence electrons. The average Bonchev–Trinajstić information content (AvgIpc) is 2.95. The normalized spacial score (nSPS) is 16.9. The number of carbonyl (C=O) groups excluding carboxylic acids is 1. The molecule has 5 nitrogen and oxygen atoms in total. The molecule has 0 radical (unpaired) electrons. The highest BCUT2D eigenvalue weighted by Gasteiger charge is 2.31. The van der Waals surface area contributed by atoms with E-state index in [1.165, 1.54) is 6.07 Å². The SMILES string of the molecule is CC[C@H](C(=O)Nc1ccccc1)N1CCCN(c2ccc(C(F)(F)F)cn2)CC1. The topological polar surface area (TPSA) is 48.5 Å². The minimum Gasteiger partial charge on any atom is -0.355 e. The number of amides is 1. The predicted molar refractivity (Wildman–Crippen MR) is 107 cm³/mol. The van der Waals surface area contributed by atoms with Gasteiger partial charge in [-0.25, -0.2) is 4.98 Å². The molecule has 1 fully saturated rings. The summed E-state index contributed by atoms with van der Waals surface area (Å²) in [7, 11) is 0. The predicted octanol–water partition coefficient (Wildman–Crippen LogP) is 4.03. The Morgan fingerprint density at radius 1 is 1.10 bits per heavy atom. The monoisotopic (exact) mass is 406 g/mol. The largest absolute Gasteiger partial charge is 0.417 e. The maximum Gasteiger partial charge on any atom is 0.417 e. The molecule has 2 heterocycles. The molecule has 0 aliphatic carbocycles. The summed E-state index contributed by atoms with van der Waals surface area (Å²) < 4.78 is 38.2. The van der Waals surface area contributed by atoms with Crippen LogP contribution in [0.3, 0.4) is 0 Å². The first kappa shape index (κ1) is 21.1. The number of nitrogens with zero attached hydrogens (tertiary/aromatic N) is 3. The molecule has 0 saturated carbocycles. The molecule has 2 aromatic rings. The Morgan fingerprint density at radius 3 is 2.48 bits per heavy atom. The summed E-state index contributed by atoms with van der Waals surface area (Å²) in [6.45, 7) is 4.66. The minimum atomic E-state index is -4.39. The molecule has 1 aliphatic rings. The maximum absolute atomic E-state index is 12.8. The number of aromatic nitrogens is 1. The summed E-state index contributed by atoms with van der Waals surface area (Å²) in [6, 6.07) is 11.6. The number of nitrogens with one attached hydrogen (secondary N) is 1. The summed E-state index contributed by atoms with van der Waals surface area (Å²) in [5, 5.41) is 2.96. The van der Waals surface area contributed by atoms with Crippen molar-refractivity contribution in [3.05, 3.63) is 54.2 Å². The summed E-state index contributed by atoms with van der Waals surface area (Å²) in [5.41, 5.74) is 0.0164. The highest BCUT2D eigenvalue weighted by molar-refractivity contribution is 5.94. The fourth-order valence-electron chi connectivity index (χ4n) is 3.58. The highest BCUT2D eigenvalue weighted by atomic mass is 19.4. The molecule has 3 rings (SSSR count). The van der Waals surface area contributed by atoms with Crippen molar-refractivity contribution in [3.63, 3.8) is 0 Å². The van der Waals surface area contributed by atoms with E-state index in [4.69, 9.17) is 0 Å². The van der Waals surface area contributed by atoms with Gasteiger partial charge >= 0.3 is 6.18 Å². The van der Waals surface area contributed by atoms with E-state index in [1.54, 1.807) is 0 Å². The quantitative estimate of drug-likeness (QED) is 0.815. The van der Waals surface area contributed by atoms with Gasteiger partial charge in [0.15, 0.2) is 0 Å². The van der Waals surface area contributed by atoms with Crippen LogP contribution in [-0.4, -0.2) is 48.0 Å². The molecule has 1 N–H and O–H groups in total. The van der Waals surface area contributed by atoms with Crippen LogP contribution in [0, 0.1) is 0 Å². The Bertz CT molecular complexity index is 796. The fourth-order valence-corrected chi connectivity index (χ4v) is 3.58. The van der Waals surface area contributed by atoms with Gasteiger partial charge < -0.3 is 10.2 Å². The van der Waals surface area contributed by atoms with Crippen LogP contribution in [0.5, 0.6) is 0 Å². The van der Waals surface area contributed by atoms with E-state index in [-0.39, 0.29) is 11.9 Å². The van der Waals surface area contributed by atoms with Crippen LogP contribution < -0.4 is 10.2 Å². The van der Waals surface area contributed by atoms with Crippen molar-refractivity contribution in [2.24, 2.45) is 0 Å². The number of carbonyl (C=O) groups is 1. The Balaban J connectivity index is 1.62. The standard InChI is InChI=1S/C21H25F3N4O/c1-2-18(20(29)26-17-7-4-3-5-8-17)27-11-6-12-28(14-13-27)19-10-9-16(15-25-19)21(22,23)24/h3-5,7-10,15,18H,2,6,11-14H2,1H3,(H,26,29)/t18-/m1/s1. The van der Waals surface area contributed by atoms with Gasteiger partial charge in [-0.05, 0) is 37.1 Å². The first-order valence-corrected chi connectivity index (χ1v) is 9.76. The number of rotatable bonds is 5. The average molecular weight is 406 g/mol. The molecule has 1 saturated heterocycles. The number of benzene rings is 1. The smallest absolute Gasteiger partial charge is 0.355 e. The van der Waals surface area contributed by atoms with Crippen molar-refractivity contribution in [1.82, 2.24) is 9.88 Å². The van der Waals surface area contributed by atoms with E-state index in [9.17, 15) is 18.0 Å². The van der Waals surface area contributed by atoms with Gasteiger partial charge in [-0.2, -0.15) is 13.2 Å². The fraction of sp³-hybridized carbons (Fsp3) is 0.429. The van der Waals surface area contributed by atoms with E-state index in [0.717, 1.165) is 30.9 Å². The van der Waals surface area contributed by atoms with Gasteiger partial charge in [0, 0.05) is 38.1 Å².